The summed E-state index contributed by atoms with van der Waals surface area (Å²) in [4.78, 5) is 13.8. The summed E-state index contributed by atoms with van der Waals surface area (Å²) < 4.78 is 11.1. The van der Waals surface area contributed by atoms with E-state index in [1.807, 2.05) is 27.7 Å². The van der Waals surface area contributed by atoms with Gasteiger partial charge in [-0.1, -0.05) is 6.07 Å². The maximum atomic E-state index is 12.2. The molecule has 1 amide bonds. The van der Waals surface area contributed by atoms with Gasteiger partial charge in [-0.15, -0.1) is 0 Å². The minimum atomic E-state index is -0.547. The molecule has 20 heavy (non-hydrogen) atoms. The van der Waals surface area contributed by atoms with Crippen molar-refractivity contribution in [1.29, 1.82) is 0 Å². The molecule has 0 aliphatic carbocycles. The summed E-state index contributed by atoms with van der Waals surface area (Å²) >= 11 is 0. The van der Waals surface area contributed by atoms with Crippen molar-refractivity contribution >= 4 is 6.09 Å². The van der Waals surface area contributed by atoms with Gasteiger partial charge in [0.15, 0.2) is 0 Å². The number of fused-ring (bicyclic) bond motifs is 1. The molecular formula is C15H21NO4. The molecule has 1 atom stereocenters. The number of aromatic hydroxyl groups is 1. The number of carbonyl (C=O) groups excluding carboxylic acids is 1. The van der Waals surface area contributed by atoms with Gasteiger partial charge in [-0.25, -0.2) is 4.79 Å². The predicted octanol–water partition coefficient (Wildman–Crippen LogP) is 2.91. The fourth-order valence-corrected chi connectivity index (χ4v) is 2.11. The van der Waals surface area contributed by atoms with Gasteiger partial charge in [0, 0.05) is 0 Å². The van der Waals surface area contributed by atoms with Crippen LogP contribution < -0.4 is 4.74 Å². The van der Waals surface area contributed by atoms with Crippen molar-refractivity contribution in [2.24, 2.45) is 0 Å². The minimum absolute atomic E-state index is 0.130. The third-order valence-corrected chi connectivity index (χ3v) is 2.91. The Morgan fingerprint density at radius 1 is 1.45 bits per heavy atom. The number of phenolic OH excluding ortho intramolecular Hbond substituents is 1. The summed E-state index contributed by atoms with van der Waals surface area (Å²) in [5.41, 5.74) is 0.0670. The number of hydrogen-bond donors (Lipinski definition) is 1. The van der Waals surface area contributed by atoms with E-state index in [0.717, 1.165) is 0 Å². The van der Waals surface area contributed by atoms with E-state index in [2.05, 4.69) is 0 Å². The molecule has 1 aliphatic heterocycles. The zero-order chi connectivity index (χ0) is 14.9. The number of benzene rings is 1. The number of carbonyl (C=O) groups is 1. The molecule has 110 valence electrons. The standard InChI is InChI=1S/C15H21NO4/c1-10-8-16(14(18)20-15(2,3)4)9-11-12(17)6-5-7-13(11)19-10/h5-7,10,17H,8-9H2,1-4H3. The number of phenols is 1. The SMILES string of the molecule is CC1CN(C(=O)OC(C)(C)C)Cc2c(O)cccc2O1. The van der Waals surface area contributed by atoms with Crippen LogP contribution in [0.3, 0.4) is 0 Å². The average Bonchev–Trinajstić information content (AvgIpc) is 2.46. The van der Waals surface area contributed by atoms with Crippen molar-refractivity contribution in [3.8, 4) is 11.5 Å². The van der Waals surface area contributed by atoms with E-state index in [4.69, 9.17) is 9.47 Å². The molecule has 0 saturated heterocycles. The number of hydrogen-bond acceptors (Lipinski definition) is 4. The van der Waals surface area contributed by atoms with E-state index in [0.29, 0.717) is 17.9 Å². The molecular weight excluding hydrogens is 258 g/mol. The molecule has 5 heteroatoms. The van der Waals surface area contributed by atoms with Crippen molar-refractivity contribution in [3.63, 3.8) is 0 Å². The van der Waals surface area contributed by atoms with E-state index in [1.54, 1.807) is 23.1 Å². The molecule has 1 unspecified atom stereocenters. The zero-order valence-electron chi connectivity index (χ0n) is 12.3. The van der Waals surface area contributed by atoms with Crippen molar-refractivity contribution in [1.82, 2.24) is 4.90 Å². The normalized spacial score (nSPS) is 18.8. The second-order valence-electron chi connectivity index (χ2n) is 6.04. The molecule has 0 spiro atoms. The Hall–Kier alpha value is -1.91. The summed E-state index contributed by atoms with van der Waals surface area (Å²) in [5.74, 6) is 0.744. The molecule has 5 nitrogen and oxygen atoms in total. The van der Waals surface area contributed by atoms with Crippen LogP contribution in [0.5, 0.6) is 11.5 Å². The molecule has 0 radical (unpaired) electrons. The molecule has 1 aliphatic rings. The van der Waals surface area contributed by atoms with E-state index in [1.165, 1.54) is 0 Å². The Labute approximate surface area is 119 Å². The molecule has 2 rings (SSSR count). The van der Waals surface area contributed by atoms with Crippen molar-refractivity contribution < 1.29 is 19.4 Å². The van der Waals surface area contributed by atoms with Crippen LogP contribution in [0.15, 0.2) is 18.2 Å². The van der Waals surface area contributed by atoms with Crippen LogP contribution in [-0.2, 0) is 11.3 Å². The van der Waals surface area contributed by atoms with E-state index >= 15 is 0 Å². The van der Waals surface area contributed by atoms with Crippen LogP contribution >= 0.6 is 0 Å². The summed E-state index contributed by atoms with van der Waals surface area (Å²) in [6.07, 6.45) is -0.561. The highest BCUT2D eigenvalue weighted by atomic mass is 16.6. The Balaban J connectivity index is 2.25. The lowest BCUT2D eigenvalue weighted by molar-refractivity contribution is 0.0188. The van der Waals surface area contributed by atoms with Gasteiger partial charge in [-0.3, -0.25) is 4.90 Å². The van der Waals surface area contributed by atoms with Gasteiger partial charge in [0.2, 0.25) is 0 Å². The van der Waals surface area contributed by atoms with E-state index in [9.17, 15) is 9.90 Å². The summed E-state index contributed by atoms with van der Waals surface area (Å²) in [5, 5.41) is 9.94. The number of ether oxygens (including phenoxy) is 2. The summed E-state index contributed by atoms with van der Waals surface area (Å²) in [6.45, 7) is 8.07. The van der Waals surface area contributed by atoms with Gasteiger partial charge in [0.25, 0.3) is 0 Å². The topological polar surface area (TPSA) is 59.0 Å². The molecule has 0 aromatic heterocycles. The van der Waals surface area contributed by atoms with Gasteiger partial charge < -0.3 is 14.6 Å². The molecule has 0 fully saturated rings. The van der Waals surface area contributed by atoms with E-state index in [-0.39, 0.29) is 18.4 Å². The van der Waals surface area contributed by atoms with Crippen LogP contribution in [0.4, 0.5) is 4.79 Å². The fraction of sp³-hybridized carbons (Fsp3) is 0.533. The predicted molar refractivity (Wildman–Crippen MR) is 74.8 cm³/mol. The monoisotopic (exact) mass is 279 g/mol. The third kappa shape index (κ3) is 3.35. The van der Waals surface area contributed by atoms with Gasteiger partial charge in [-0.05, 0) is 39.8 Å². The van der Waals surface area contributed by atoms with Crippen LogP contribution in [0, 0.1) is 0 Å². The molecule has 1 aromatic carbocycles. The van der Waals surface area contributed by atoms with Gasteiger partial charge in [0.1, 0.15) is 23.2 Å². The molecule has 0 saturated carbocycles. The van der Waals surface area contributed by atoms with E-state index < -0.39 is 11.7 Å². The number of amides is 1. The average molecular weight is 279 g/mol. The third-order valence-electron chi connectivity index (χ3n) is 2.91. The highest BCUT2D eigenvalue weighted by molar-refractivity contribution is 5.68. The van der Waals surface area contributed by atoms with Crippen molar-refractivity contribution in [2.45, 2.75) is 45.9 Å². The lowest BCUT2D eigenvalue weighted by atomic mass is 10.1. The summed E-state index contributed by atoms with van der Waals surface area (Å²) in [7, 11) is 0. The fourth-order valence-electron chi connectivity index (χ4n) is 2.11. The Morgan fingerprint density at radius 3 is 2.80 bits per heavy atom. The van der Waals surface area contributed by atoms with Crippen LogP contribution in [-0.4, -0.2) is 34.3 Å². The lowest BCUT2D eigenvalue weighted by Gasteiger charge is -2.27. The molecule has 1 heterocycles. The maximum absolute atomic E-state index is 12.2. The second-order valence-corrected chi connectivity index (χ2v) is 6.04. The highest BCUT2D eigenvalue weighted by Gasteiger charge is 2.28. The van der Waals surface area contributed by atoms with Gasteiger partial charge in [-0.2, -0.15) is 0 Å². The quantitative estimate of drug-likeness (QED) is 0.793. The van der Waals surface area contributed by atoms with Crippen LogP contribution in [0.2, 0.25) is 0 Å². The van der Waals surface area contributed by atoms with Crippen molar-refractivity contribution in [3.05, 3.63) is 23.8 Å². The summed E-state index contributed by atoms with van der Waals surface area (Å²) in [6, 6.07) is 5.11. The smallest absolute Gasteiger partial charge is 0.410 e. The first-order chi connectivity index (χ1) is 9.26. The largest absolute Gasteiger partial charge is 0.507 e. The number of nitrogens with zero attached hydrogens (tertiary/aromatic N) is 1. The Bertz CT molecular complexity index is 507. The van der Waals surface area contributed by atoms with Crippen LogP contribution in [0.1, 0.15) is 33.3 Å². The Kier molecular flexibility index (Phi) is 3.79. The van der Waals surface area contributed by atoms with Crippen LogP contribution in [0.25, 0.3) is 0 Å². The first-order valence-electron chi connectivity index (χ1n) is 6.72. The zero-order valence-corrected chi connectivity index (χ0v) is 12.3. The lowest BCUT2D eigenvalue weighted by Crippen LogP contribution is -2.39. The van der Waals surface area contributed by atoms with Gasteiger partial charge >= 0.3 is 6.09 Å². The Morgan fingerprint density at radius 2 is 2.15 bits per heavy atom. The highest BCUT2D eigenvalue weighted by Crippen LogP contribution is 2.32. The molecule has 0 bridgehead atoms. The number of rotatable bonds is 0. The first kappa shape index (κ1) is 14.5. The van der Waals surface area contributed by atoms with Crippen molar-refractivity contribution in [2.75, 3.05) is 6.54 Å². The second kappa shape index (κ2) is 5.23. The molecule has 1 aromatic rings. The maximum Gasteiger partial charge on any atom is 0.410 e. The molecule has 1 N–H and O–H groups in total. The minimum Gasteiger partial charge on any atom is -0.507 e. The first-order valence-corrected chi connectivity index (χ1v) is 6.72. The van der Waals surface area contributed by atoms with Gasteiger partial charge in [0.05, 0.1) is 18.7 Å².